The predicted octanol–water partition coefficient (Wildman–Crippen LogP) is 2.57. The molecule has 0 radical (unpaired) electrons. The first-order valence-electron chi connectivity index (χ1n) is 7.24. The molecule has 106 valence electrons. The van der Waals surface area contributed by atoms with Crippen LogP contribution in [-0.2, 0) is 16.0 Å². The fraction of sp³-hybridized carbons (Fsp3) is 0.500. The fourth-order valence-corrected chi connectivity index (χ4v) is 3.02. The van der Waals surface area contributed by atoms with Crippen molar-refractivity contribution in [2.24, 2.45) is 5.92 Å². The van der Waals surface area contributed by atoms with Crippen molar-refractivity contribution in [3.8, 4) is 0 Å². The lowest BCUT2D eigenvalue weighted by Gasteiger charge is -2.14. The first-order valence-corrected chi connectivity index (χ1v) is 7.24. The normalized spacial score (nSPS) is 25.8. The van der Waals surface area contributed by atoms with Crippen molar-refractivity contribution >= 4 is 17.4 Å². The lowest BCUT2D eigenvalue weighted by atomic mass is 9.91. The molecule has 0 spiro atoms. The number of hydrogen-bond donors (Lipinski definition) is 1. The number of anilines is 1. The van der Waals surface area contributed by atoms with Gasteiger partial charge in [0.05, 0.1) is 12.0 Å². The van der Waals surface area contributed by atoms with Crippen LogP contribution in [0.25, 0.3) is 0 Å². The summed E-state index contributed by atoms with van der Waals surface area (Å²) in [6, 6.07) is 5.61. The summed E-state index contributed by atoms with van der Waals surface area (Å²) in [5, 5.41) is 2.89. The Balaban J connectivity index is 1.86. The van der Waals surface area contributed by atoms with E-state index in [2.05, 4.69) is 5.32 Å². The van der Waals surface area contributed by atoms with Crippen molar-refractivity contribution in [3.05, 3.63) is 29.3 Å². The van der Waals surface area contributed by atoms with Crippen molar-refractivity contribution < 1.29 is 14.3 Å². The van der Waals surface area contributed by atoms with Gasteiger partial charge in [0.2, 0.25) is 5.91 Å². The zero-order valence-corrected chi connectivity index (χ0v) is 11.6. The SMILES string of the molecule is CC1OCCC1C(=O)c1ccc2c(c1)CCCC(=O)N2. The number of ketones is 1. The number of benzene rings is 1. The number of Topliss-reactive ketones (excluding diaryl/α,β-unsaturated/α-hetero) is 1. The zero-order chi connectivity index (χ0) is 14.1. The van der Waals surface area contributed by atoms with Gasteiger partial charge in [0.15, 0.2) is 5.78 Å². The van der Waals surface area contributed by atoms with Crippen LogP contribution in [0.3, 0.4) is 0 Å². The van der Waals surface area contributed by atoms with Gasteiger partial charge in [-0.25, -0.2) is 0 Å². The van der Waals surface area contributed by atoms with Gasteiger partial charge < -0.3 is 10.1 Å². The number of ether oxygens (including phenoxy) is 1. The first-order chi connectivity index (χ1) is 9.65. The van der Waals surface area contributed by atoms with Crippen molar-refractivity contribution in [1.82, 2.24) is 0 Å². The molecule has 20 heavy (non-hydrogen) atoms. The van der Waals surface area contributed by atoms with Gasteiger partial charge in [0, 0.05) is 24.3 Å². The van der Waals surface area contributed by atoms with E-state index in [1.165, 1.54) is 0 Å². The number of fused-ring (bicyclic) bond motifs is 1. The third-order valence-electron chi connectivity index (χ3n) is 4.23. The molecule has 1 saturated heterocycles. The Morgan fingerprint density at radius 1 is 1.35 bits per heavy atom. The summed E-state index contributed by atoms with van der Waals surface area (Å²) in [6.45, 7) is 2.62. The molecule has 1 amide bonds. The van der Waals surface area contributed by atoms with Crippen molar-refractivity contribution in [2.75, 3.05) is 11.9 Å². The maximum atomic E-state index is 12.5. The topological polar surface area (TPSA) is 55.4 Å². The zero-order valence-electron chi connectivity index (χ0n) is 11.6. The van der Waals surface area contributed by atoms with Gasteiger partial charge in [0.25, 0.3) is 0 Å². The van der Waals surface area contributed by atoms with E-state index in [9.17, 15) is 9.59 Å². The van der Waals surface area contributed by atoms with E-state index in [1.807, 2.05) is 25.1 Å². The number of nitrogens with one attached hydrogen (secondary N) is 1. The monoisotopic (exact) mass is 273 g/mol. The molecular formula is C16H19NO3. The van der Waals surface area contributed by atoms with Crippen LogP contribution in [0.5, 0.6) is 0 Å². The van der Waals surface area contributed by atoms with E-state index in [1.54, 1.807) is 0 Å². The highest BCUT2D eigenvalue weighted by Crippen LogP contribution is 2.28. The summed E-state index contributed by atoms with van der Waals surface area (Å²) >= 11 is 0. The fourth-order valence-electron chi connectivity index (χ4n) is 3.02. The molecule has 0 saturated carbocycles. The number of amides is 1. The molecule has 1 fully saturated rings. The molecular weight excluding hydrogens is 254 g/mol. The summed E-state index contributed by atoms with van der Waals surface area (Å²) in [7, 11) is 0. The maximum absolute atomic E-state index is 12.5. The largest absolute Gasteiger partial charge is 0.378 e. The average molecular weight is 273 g/mol. The van der Waals surface area contributed by atoms with Gasteiger partial charge in [-0.05, 0) is 49.9 Å². The summed E-state index contributed by atoms with van der Waals surface area (Å²) < 4.78 is 5.48. The van der Waals surface area contributed by atoms with Gasteiger partial charge >= 0.3 is 0 Å². The summed E-state index contributed by atoms with van der Waals surface area (Å²) in [5.74, 6) is 0.183. The van der Waals surface area contributed by atoms with E-state index in [0.717, 1.165) is 36.1 Å². The second kappa shape index (κ2) is 5.37. The first kappa shape index (κ1) is 13.3. The van der Waals surface area contributed by atoms with E-state index in [0.29, 0.717) is 13.0 Å². The molecule has 2 atom stereocenters. The molecule has 0 aromatic heterocycles. The smallest absolute Gasteiger partial charge is 0.224 e. The Morgan fingerprint density at radius 2 is 2.20 bits per heavy atom. The number of aryl methyl sites for hydroxylation is 1. The van der Waals surface area contributed by atoms with Gasteiger partial charge in [-0.2, -0.15) is 0 Å². The van der Waals surface area contributed by atoms with Crippen LogP contribution in [0.4, 0.5) is 5.69 Å². The predicted molar refractivity (Wildman–Crippen MR) is 75.9 cm³/mol. The molecule has 3 rings (SSSR count). The van der Waals surface area contributed by atoms with Crippen LogP contribution in [0, 0.1) is 5.92 Å². The van der Waals surface area contributed by atoms with Gasteiger partial charge in [-0.1, -0.05) is 0 Å². The number of carbonyl (C=O) groups excluding carboxylic acids is 2. The third-order valence-corrected chi connectivity index (χ3v) is 4.23. The number of hydrogen-bond acceptors (Lipinski definition) is 3. The molecule has 2 aliphatic rings. The van der Waals surface area contributed by atoms with Crippen molar-refractivity contribution in [1.29, 1.82) is 0 Å². The Kier molecular flexibility index (Phi) is 3.57. The average Bonchev–Trinajstić information content (AvgIpc) is 2.76. The Morgan fingerprint density at radius 3 is 2.95 bits per heavy atom. The van der Waals surface area contributed by atoms with E-state index in [-0.39, 0.29) is 23.7 Å². The van der Waals surface area contributed by atoms with Gasteiger partial charge in [-0.3, -0.25) is 9.59 Å². The Bertz CT molecular complexity index is 553. The lowest BCUT2D eigenvalue weighted by molar-refractivity contribution is -0.116. The molecule has 1 N–H and O–H groups in total. The van der Waals surface area contributed by atoms with Crippen LogP contribution < -0.4 is 5.32 Å². The van der Waals surface area contributed by atoms with Crippen molar-refractivity contribution in [2.45, 2.75) is 38.7 Å². The maximum Gasteiger partial charge on any atom is 0.224 e. The van der Waals surface area contributed by atoms with Crippen LogP contribution >= 0.6 is 0 Å². The molecule has 0 aliphatic carbocycles. The van der Waals surface area contributed by atoms with Crippen LogP contribution in [0.1, 0.15) is 42.1 Å². The molecule has 2 aliphatic heterocycles. The summed E-state index contributed by atoms with van der Waals surface area (Å²) in [5.41, 5.74) is 2.65. The number of carbonyl (C=O) groups is 2. The van der Waals surface area contributed by atoms with Gasteiger partial charge in [0.1, 0.15) is 0 Å². The minimum atomic E-state index is -0.0339. The standard InChI is InChI=1S/C16H19NO3/c1-10-13(7-8-20-10)16(19)12-5-6-14-11(9-12)3-2-4-15(18)17-14/h5-6,9-10,13H,2-4,7-8H2,1H3,(H,17,18). The third kappa shape index (κ3) is 2.48. The van der Waals surface area contributed by atoms with Gasteiger partial charge in [-0.15, -0.1) is 0 Å². The Hall–Kier alpha value is -1.68. The minimum absolute atomic E-state index is 0.000938. The van der Waals surface area contributed by atoms with Crippen LogP contribution in [-0.4, -0.2) is 24.4 Å². The number of rotatable bonds is 2. The highest BCUT2D eigenvalue weighted by atomic mass is 16.5. The summed E-state index contributed by atoms with van der Waals surface area (Å²) in [4.78, 5) is 24.0. The Labute approximate surface area is 118 Å². The minimum Gasteiger partial charge on any atom is -0.378 e. The van der Waals surface area contributed by atoms with E-state index < -0.39 is 0 Å². The highest BCUT2D eigenvalue weighted by molar-refractivity contribution is 6.00. The molecule has 4 heteroatoms. The second-order valence-electron chi connectivity index (χ2n) is 5.61. The lowest BCUT2D eigenvalue weighted by Crippen LogP contribution is -2.22. The molecule has 4 nitrogen and oxygen atoms in total. The highest BCUT2D eigenvalue weighted by Gasteiger charge is 2.31. The van der Waals surface area contributed by atoms with Crippen LogP contribution in [0.15, 0.2) is 18.2 Å². The summed E-state index contributed by atoms with van der Waals surface area (Å²) in [6.07, 6.45) is 3.02. The van der Waals surface area contributed by atoms with Crippen LogP contribution in [0.2, 0.25) is 0 Å². The molecule has 2 heterocycles. The van der Waals surface area contributed by atoms with E-state index in [4.69, 9.17) is 4.74 Å². The molecule has 1 aromatic carbocycles. The molecule has 0 bridgehead atoms. The quantitative estimate of drug-likeness (QED) is 0.843. The van der Waals surface area contributed by atoms with E-state index >= 15 is 0 Å². The molecule has 2 unspecified atom stereocenters. The second-order valence-corrected chi connectivity index (χ2v) is 5.61. The van der Waals surface area contributed by atoms with Crippen molar-refractivity contribution in [3.63, 3.8) is 0 Å². The molecule has 1 aromatic rings.